The molecule has 0 radical (unpaired) electrons. The third-order valence-corrected chi connectivity index (χ3v) is 8.62. The zero-order chi connectivity index (χ0) is 14.0. The Morgan fingerprint density at radius 2 is 1.84 bits per heavy atom. The zero-order valence-corrected chi connectivity index (χ0v) is 13.6. The molecule has 0 saturated carbocycles. The van der Waals surface area contributed by atoms with Crippen LogP contribution in [0.3, 0.4) is 0 Å². The molecular formula is C14H26N2O2Ti. The average molecular weight is 302 g/mol. The van der Waals surface area contributed by atoms with Crippen LogP contribution in [0.4, 0.5) is 0 Å². The Labute approximate surface area is 121 Å². The van der Waals surface area contributed by atoms with Gasteiger partial charge in [-0.15, -0.1) is 0 Å². The topological polar surface area (TPSA) is 56.5 Å². The van der Waals surface area contributed by atoms with Crippen molar-refractivity contribution >= 4 is 0 Å². The van der Waals surface area contributed by atoms with Gasteiger partial charge in [0.2, 0.25) is 0 Å². The van der Waals surface area contributed by atoms with E-state index in [9.17, 15) is 0 Å². The van der Waals surface area contributed by atoms with Crippen molar-refractivity contribution in [1.82, 2.24) is 5.32 Å². The zero-order valence-electron chi connectivity index (χ0n) is 12.0. The van der Waals surface area contributed by atoms with E-state index in [0.29, 0.717) is 6.54 Å². The molecule has 4 nitrogen and oxygen atoms in total. The second-order valence-electron chi connectivity index (χ2n) is 4.62. The van der Waals surface area contributed by atoms with Gasteiger partial charge in [0.1, 0.15) is 0 Å². The van der Waals surface area contributed by atoms with E-state index in [4.69, 9.17) is 12.4 Å². The minimum atomic E-state index is -2.64. The molecule has 0 spiro atoms. The van der Waals surface area contributed by atoms with Gasteiger partial charge >= 0.3 is 121 Å². The van der Waals surface area contributed by atoms with Crippen LogP contribution in [0.25, 0.3) is 0 Å². The van der Waals surface area contributed by atoms with Gasteiger partial charge in [0.15, 0.2) is 0 Å². The van der Waals surface area contributed by atoms with E-state index < -0.39 is 17.4 Å². The van der Waals surface area contributed by atoms with Gasteiger partial charge in [-0.25, -0.2) is 0 Å². The molecule has 108 valence electrons. The maximum atomic E-state index is 5.73. The van der Waals surface area contributed by atoms with Gasteiger partial charge in [0.05, 0.1) is 0 Å². The summed E-state index contributed by atoms with van der Waals surface area (Å²) < 4.78 is 12.5. The van der Waals surface area contributed by atoms with Crippen LogP contribution in [-0.2, 0) is 30.4 Å². The Kier molecular flexibility index (Phi) is 8.54. The van der Waals surface area contributed by atoms with E-state index >= 15 is 0 Å². The van der Waals surface area contributed by atoms with E-state index in [0.717, 1.165) is 29.0 Å². The summed E-state index contributed by atoms with van der Waals surface area (Å²) in [5.41, 5.74) is 6.87. The van der Waals surface area contributed by atoms with Crippen molar-refractivity contribution in [2.45, 2.75) is 17.6 Å². The van der Waals surface area contributed by atoms with Gasteiger partial charge in [-0.2, -0.15) is 0 Å². The van der Waals surface area contributed by atoms with E-state index in [1.54, 1.807) is 14.2 Å². The van der Waals surface area contributed by atoms with Crippen LogP contribution in [0.1, 0.15) is 12.0 Å². The van der Waals surface area contributed by atoms with Crippen molar-refractivity contribution in [3.05, 3.63) is 35.9 Å². The van der Waals surface area contributed by atoms with Gasteiger partial charge < -0.3 is 0 Å². The van der Waals surface area contributed by atoms with E-state index in [2.05, 4.69) is 29.6 Å². The molecule has 0 atom stereocenters. The standard InChI is InChI=1S/C9H11.C3H9N2.2CH3O.Ti/c1-2-6-9-7-4-3-5-8-9;1-5-3-2-4;2*1-2;/h3-5,7-8H,1-2,6H2;5H,1-4H2;2*1H3;/q;;2*-1;+2. The number of aryl methyl sites for hydroxylation is 1. The number of nitrogens with one attached hydrogen (secondary N) is 1. The Hall–Kier alpha value is -0.226. The average Bonchev–Trinajstić information content (AvgIpc) is 2.47. The van der Waals surface area contributed by atoms with E-state index in [1.165, 1.54) is 5.56 Å². The van der Waals surface area contributed by atoms with Crippen LogP contribution in [0, 0.1) is 0 Å². The van der Waals surface area contributed by atoms with Crippen LogP contribution >= 0.6 is 0 Å². The third-order valence-electron chi connectivity index (χ3n) is 3.33. The Balaban J connectivity index is 2.40. The number of nitrogens with two attached hydrogens (primary N) is 1. The van der Waals surface area contributed by atoms with Crippen molar-refractivity contribution in [1.29, 1.82) is 0 Å². The molecule has 0 aromatic heterocycles. The molecule has 0 heterocycles. The first-order valence-corrected chi connectivity index (χ1v) is 10.3. The van der Waals surface area contributed by atoms with Crippen LogP contribution in [0.15, 0.2) is 30.3 Å². The summed E-state index contributed by atoms with van der Waals surface area (Å²) >= 11 is -2.64. The Morgan fingerprint density at radius 1 is 1.16 bits per heavy atom. The quantitative estimate of drug-likeness (QED) is 0.511. The first-order chi connectivity index (χ1) is 9.26. The van der Waals surface area contributed by atoms with Gasteiger partial charge in [0.25, 0.3) is 0 Å². The van der Waals surface area contributed by atoms with Crippen LogP contribution in [0.5, 0.6) is 0 Å². The summed E-state index contributed by atoms with van der Waals surface area (Å²) in [4.78, 5) is 0.846. The van der Waals surface area contributed by atoms with Gasteiger partial charge in [0, 0.05) is 0 Å². The van der Waals surface area contributed by atoms with Gasteiger partial charge in [-0.05, 0) is 0 Å². The second kappa shape index (κ2) is 9.64. The molecule has 0 aliphatic rings. The Morgan fingerprint density at radius 3 is 2.42 bits per heavy atom. The summed E-state index contributed by atoms with van der Waals surface area (Å²) in [6.45, 7) is 1.47. The molecule has 1 aromatic rings. The Bertz CT molecular complexity index is 331. The molecule has 1 aromatic carbocycles. The van der Waals surface area contributed by atoms with Crippen molar-refractivity contribution < 1.29 is 24.0 Å². The number of rotatable bonds is 10. The second-order valence-corrected chi connectivity index (χ2v) is 10.1. The summed E-state index contributed by atoms with van der Waals surface area (Å²) in [5, 5.41) is 3.33. The van der Waals surface area contributed by atoms with Gasteiger partial charge in [-0.3, -0.25) is 0 Å². The third kappa shape index (κ3) is 6.17. The molecule has 0 unspecified atom stereocenters. The number of hydrogen-bond acceptors (Lipinski definition) is 4. The fraction of sp³-hybridized carbons (Fsp3) is 0.571. The molecule has 5 heteroatoms. The molecule has 0 fully saturated rings. The molecular weight excluding hydrogens is 276 g/mol. The van der Waals surface area contributed by atoms with Crippen molar-refractivity contribution in [3.63, 3.8) is 0 Å². The molecule has 0 saturated heterocycles. The SMILES string of the molecule is C[O][Ti]([CH2]CCc1ccccc1)([CH2]NCCN)[O]C. The predicted molar refractivity (Wildman–Crippen MR) is 75.5 cm³/mol. The van der Waals surface area contributed by atoms with E-state index in [1.807, 2.05) is 6.07 Å². The summed E-state index contributed by atoms with van der Waals surface area (Å²) in [6, 6.07) is 10.5. The maximum absolute atomic E-state index is 5.73. The van der Waals surface area contributed by atoms with Crippen molar-refractivity contribution in [2.24, 2.45) is 5.73 Å². The summed E-state index contributed by atoms with van der Waals surface area (Å²) in [6.07, 6.45) is 2.19. The molecule has 0 bridgehead atoms. The first-order valence-electron chi connectivity index (χ1n) is 6.81. The molecule has 0 aliphatic heterocycles. The van der Waals surface area contributed by atoms with Crippen LogP contribution in [-0.4, -0.2) is 32.2 Å². The molecule has 19 heavy (non-hydrogen) atoms. The summed E-state index contributed by atoms with van der Waals surface area (Å²) in [7, 11) is 3.55. The van der Waals surface area contributed by atoms with Crippen LogP contribution < -0.4 is 11.1 Å². The van der Waals surface area contributed by atoms with Gasteiger partial charge in [-0.1, -0.05) is 0 Å². The molecule has 0 aliphatic carbocycles. The number of benzene rings is 1. The number of hydrogen-bond donors (Lipinski definition) is 2. The molecule has 1 rings (SSSR count). The fourth-order valence-corrected chi connectivity index (χ4v) is 5.72. The first kappa shape index (κ1) is 16.8. The summed E-state index contributed by atoms with van der Waals surface area (Å²) in [5.74, 6) is 0. The van der Waals surface area contributed by atoms with Crippen molar-refractivity contribution in [3.8, 4) is 0 Å². The van der Waals surface area contributed by atoms with E-state index in [-0.39, 0.29) is 0 Å². The fourth-order valence-electron chi connectivity index (χ4n) is 2.11. The monoisotopic (exact) mass is 302 g/mol. The molecule has 0 amide bonds. The predicted octanol–water partition coefficient (Wildman–Crippen LogP) is 1.82. The van der Waals surface area contributed by atoms with Crippen LogP contribution in [0.2, 0.25) is 4.73 Å². The molecule has 3 N–H and O–H groups in total. The minimum absolute atomic E-state index is 0.649. The van der Waals surface area contributed by atoms with Crippen molar-refractivity contribution in [2.75, 3.05) is 32.2 Å². The normalized spacial score (nSPS) is 11.7.